The Balaban J connectivity index is 2.26. The number of carbonyl (C=O) groups excluding carboxylic acids is 1. The minimum atomic E-state index is -0.483. The van der Waals surface area contributed by atoms with Crippen LogP contribution in [0.5, 0.6) is 0 Å². The van der Waals surface area contributed by atoms with Gasteiger partial charge in [-0.05, 0) is 30.4 Å². The molecule has 0 radical (unpaired) electrons. The van der Waals surface area contributed by atoms with E-state index >= 15 is 0 Å². The van der Waals surface area contributed by atoms with Crippen molar-refractivity contribution in [2.75, 3.05) is 0 Å². The molecule has 0 atom stereocenters. The third-order valence-electron chi connectivity index (χ3n) is 2.66. The summed E-state index contributed by atoms with van der Waals surface area (Å²) in [5.74, 6) is -0.259. The van der Waals surface area contributed by atoms with Crippen LogP contribution in [0, 0.1) is 10.1 Å². The zero-order valence-corrected chi connectivity index (χ0v) is 11.1. The Hall–Kier alpha value is -2.46. The minimum Gasteiger partial charge on any atom is -0.289 e. The van der Waals surface area contributed by atoms with Crippen molar-refractivity contribution >= 4 is 29.1 Å². The molecule has 0 bridgehead atoms. The monoisotopic (exact) mass is 287 g/mol. The highest BCUT2D eigenvalue weighted by molar-refractivity contribution is 6.31. The van der Waals surface area contributed by atoms with E-state index in [2.05, 4.69) is 0 Å². The van der Waals surface area contributed by atoms with Crippen molar-refractivity contribution in [3.63, 3.8) is 0 Å². The van der Waals surface area contributed by atoms with Gasteiger partial charge < -0.3 is 0 Å². The van der Waals surface area contributed by atoms with Gasteiger partial charge in [-0.25, -0.2) is 0 Å². The van der Waals surface area contributed by atoms with Crippen LogP contribution in [-0.2, 0) is 0 Å². The largest absolute Gasteiger partial charge is 0.289 e. The summed E-state index contributed by atoms with van der Waals surface area (Å²) in [6, 6.07) is 12.8. The van der Waals surface area contributed by atoms with E-state index in [-0.39, 0.29) is 11.5 Å². The van der Waals surface area contributed by atoms with Crippen molar-refractivity contribution in [1.29, 1.82) is 0 Å². The topological polar surface area (TPSA) is 60.2 Å². The number of para-hydroxylation sites is 1. The molecular formula is C15H10ClNO3. The van der Waals surface area contributed by atoms with E-state index in [0.717, 1.165) is 0 Å². The first kappa shape index (κ1) is 14.0. The smallest absolute Gasteiger partial charge is 0.276 e. The summed E-state index contributed by atoms with van der Waals surface area (Å²) in [7, 11) is 0. The molecule has 0 unspecified atom stereocenters. The fraction of sp³-hybridized carbons (Fsp3) is 0. The number of allylic oxidation sites excluding steroid dienone is 1. The summed E-state index contributed by atoms with van der Waals surface area (Å²) >= 11 is 5.81. The summed E-state index contributed by atoms with van der Waals surface area (Å²) in [6.07, 6.45) is 2.73. The third kappa shape index (κ3) is 3.30. The molecule has 0 aliphatic heterocycles. The summed E-state index contributed by atoms with van der Waals surface area (Å²) in [4.78, 5) is 22.3. The molecule has 5 heteroatoms. The highest BCUT2D eigenvalue weighted by Gasteiger charge is 2.10. The predicted molar refractivity (Wildman–Crippen MR) is 77.9 cm³/mol. The number of hydrogen-bond donors (Lipinski definition) is 0. The molecule has 0 aromatic heterocycles. The van der Waals surface area contributed by atoms with Gasteiger partial charge in [0.15, 0.2) is 5.78 Å². The second-order valence-corrected chi connectivity index (χ2v) is 4.46. The molecule has 0 spiro atoms. The van der Waals surface area contributed by atoms with Crippen LogP contribution in [-0.4, -0.2) is 10.7 Å². The van der Waals surface area contributed by atoms with Crippen molar-refractivity contribution < 1.29 is 9.72 Å². The fourth-order valence-electron chi connectivity index (χ4n) is 1.70. The van der Waals surface area contributed by atoms with Gasteiger partial charge in [0.05, 0.1) is 10.5 Å². The molecule has 0 aliphatic rings. The Morgan fingerprint density at radius 1 is 1.15 bits per heavy atom. The molecule has 0 fully saturated rings. The number of nitro benzene ring substituents is 1. The number of hydrogen-bond acceptors (Lipinski definition) is 3. The lowest BCUT2D eigenvalue weighted by Gasteiger charge is -1.98. The minimum absolute atomic E-state index is 0.0392. The lowest BCUT2D eigenvalue weighted by Crippen LogP contribution is -1.94. The second-order valence-electron chi connectivity index (χ2n) is 4.02. The van der Waals surface area contributed by atoms with Gasteiger partial charge in [-0.3, -0.25) is 14.9 Å². The van der Waals surface area contributed by atoms with Crippen LogP contribution in [0.25, 0.3) is 6.08 Å². The lowest BCUT2D eigenvalue weighted by molar-refractivity contribution is -0.385. The molecule has 0 aliphatic carbocycles. The van der Waals surface area contributed by atoms with Crippen LogP contribution < -0.4 is 0 Å². The van der Waals surface area contributed by atoms with Gasteiger partial charge in [0.2, 0.25) is 0 Å². The number of ketones is 1. The van der Waals surface area contributed by atoms with Gasteiger partial charge in [0.1, 0.15) is 0 Å². The molecule has 0 saturated heterocycles. The number of benzene rings is 2. The van der Waals surface area contributed by atoms with Gasteiger partial charge in [-0.15, -0.1) is 0 Å². The molecule has 2 aromatic carbocycles. The SMILES string of the molecule is O=C(/C=C/c1ccccc1[N+](=O)[O-])c1cccc(Cl)c1. The van der Waals surface area contributed by atoms with Crippen LogP contribution in [0.3, 0.4) is 0 Å². The Labute approximate surface area is 120 Å². The van der Waals surface area contributed by atoms with Gasteiger partial charge in [0.25, 0.3) is 5.69 Å². The van der Waals surface area contributed by atoms with Crippen LogP contribution in [0.2, 0.25) is 5.02 Å². The maximum Gasteiger partial charge on any atom is 0.276 e. The van der Waals surface area contributed by atoms with Crippen molar-refractivity contribution in [3.05, 3.63) is 80.9 Å². The Kier molecular flexibility index (Phi) is 4.27. The van der Waals surface area contributed by atoms with Gasteiger partial charge >= 0.3 is 0 Å². The highest BCUT2D eigenvalue weighted by atomic mass is 35.5. The number of halogens is 1. The standard InChI is InChI=1S/C15H10ClNO3/c16-13-6-3-5-12(10-13)15(18)9-8-11-4-1-2-7-14(11)17(19)20/h1-10H/b9-8+. The molecule has 2 aromatic rings. The van der Waals surface area contributed by atoms with Crippen LogP contribution in [0.15, 0.2) is 54.6 Å². The van der Waals surface area contributed by atoms with Gasteiger partial charge in [0, 0.05) is 16.7 Å². The fourth-order valence-corrected chi connectivity index (χ4v) is 1.89. The van der Waals surface area contributed by atoms with Crippen molar-refractivity contribution in [2.45, 2.75) is 0 Å². The van der Waals surface area contributed by atoms with E-state index in [9.17, 15) is 14.9 Å². The van der Waals surface area contributed by atoms with Crippen LogP contribution in [0.4, 0.5) is 5.69 Å². The molecule has 20 heavy (non-hydrogen) atoms. The first-order valence-electron chi connectivity index (χ1n) is 5.79. The summed E-state index contributed by atoms with van der Waals surface area (Å²) < 4.78 is 0. The average molecular weight is 288 g/mol. The highest BCUT2D eigenvalue weighted by Crippen LogP contribution is 2.19. The van der Waals surface area contributed by atoms with E-state index in [1.54, 1.807) is 42.5 Å². The molecular weight excluding hydrogens is 278 g/mol. The Bertz CT molecular complexity index is 695. The molecule has 0 amide bonds. The Morgan fingerprint density at radius 3 is 2.60 bits per heavy atom. The van der Waals surface area contributed by atoms with Crippen molar-refractivity contribution in [2.24, 2.45) is 0 Å². The van der Waals surface area contributed by atoms with E-state index in [1.165, 1.54) is 18.2 Å². The average Bonchev–Trinajstić information content (AvgIpc) is 2.45. The Morgan fingerprint density at radius 2 is 1.90 bits per heavy atom. The number of rotatable bonds is 4. The molecule has 0 saturated carbocycles. The molecule has 4 nitrogen and oxygen atoms in total. The summed E-state index contributed by atoms with van der Waals surface area (Å²) in [5, 5.41) is 11.3. The number of carbonyl (C=O) groups is 1. The van der Waals surface area contributed by atoms with Crippen LogP contribution in [0.1, 0.15) is 15.9 Å². The first-order valence-corrected chi connectivity index (χ1v) is 6.17. The predicted octanol–water partition coefficient (Wildman–Crippen LogP) is 4.14. The lowest BCUT2D eigenvalue weighted by atomic mass is 10.1. The quantitative estimate of drug-likeness (QED) is 0.367. The third-order valence-corrected chi connectivity index (χ3v) is 2.89. The van der Waals surface area contributed by atoms with E-state index in [4.69, 9.17) is 11.6 Å². The molecule has 100 valence electrons. The number of nitro groups is 1. The second kappa shape index (κ2) is 6.12. The van der Waals surface area contributed by atoms with E-state index in [0.29, 0.717) is 16.1 Å². The van der Waals surface area contributed by atoms with Crippen molar-refractivity contribution in [1.82, 2.24) is 0 Å². The van der Waals surface area contributed by atoms with E-state index < -0.39 is 4.92 Å². The van der Waals surface area contributed by atoms with E-state index in [1.807, 2.05) is 0 Å². The zero-order chi connectivity index (χ0) is 14.5. The first-order chi connectivity index (χ1) is 9.58. The van der Waals surface area contributed by atoms with Crippen molar-refractivity contribution in [3.8, 4) is 0 Å². The zero-order valence-electron chi connectivity index (χ0n) is 10.3. The van der Waals surface area contributed by atoms with Crippen LogP contribution >= 0.6 is 11.6 Å². The maximum absolute atomic E-state index is 11.9. The summed E-state index contributed by atoms with van der Waals surface area (Å²) in [5.41, 5.74) is 0.780. The number of nitrogens with zero attached hydrogens (tertiary/aromatic N) is 1. The molecule has 2 rings (SSSR count). The maximum atomic E-state index is 11.9. The molecule has 0 N–H and O–H groups in total. The molecule has 0 heterocycles. The normalized spacial score (nSPS) is 10.7. The van der Waals surface area contributed by atoms with Gasteiger partial charge in [-0.1, -0.05) is 35.9 Å². The summed E-state index contributed by atoms with van der Waals surface area (Å²) in [6.45, 7) is 0. The van der Waals surface area contributed by atoms with Gasteiger partial charge in [-0.2, -0.15) is 0 Å².